The highest BCUT2D eigenvalue weighted by Crippen LogP contribution is 2.68. The first-order chi connectivity index (χ1) is 15.8. The Morgan fingerprint density at radius 1 is 0.750 bits per heavy atom. The summed E-state index contributed by atoms with van der Waals surface area (Å²) in [6.07, 6.45) is 1.82. The van der Waals surface area contributed by atoms with Crippen LogP contribution in [-0.4, -0.2) is 38.2 Å². The van der Waals surface area contributed by atoms with E-state index in [9.17, 15) is 0 Å². The molecule has 0 bridgehead atoms. The first-order valence-electron chi connectivity index (χ1n) is 9.82. The van der Waals surface area contributed by atoms with Crippen molar-refractivity contribution in [2.75, 3.05) is 23.0 Å². The fourth-order valence-corrected chi connectivity index (χ4v) is 16.9. The normalized spacial score (nSPS) is 23.1. The average molecular weight is 585 g/mol. The summed E-state index contributed by atoms with van der Waals surface area (Å²) in [6, 6.07) is 12.2. The molecule has 164 valence electrons. The van der Waals surface area contributed by atoms with E-state index in [1.54, 1.807) is 0 Å². The van der Waals surface area contributed by atoms with Gasteiger partial charge in [0.25, 0.3) is 0 Å². The van der Waals surface area contributed by atoms with Crippen LogP contribution < -0.4 is 0 Å². The summed E-state index contributed by atoms with van der Waals surface area (Å²) in [5.41, 5.74) is 1.88. The number of aromatic nitrogens is 2. The molecule has 0 radical (unpaired) electrons. The SMILES string of the molecule is c1ccc(-c2cccc(SCC3CSC4=C(SC(=C5SC6=C(SCCS6)S5)S4)S3)n2)nc1. The van der Waals surface area contributed by atoms with Crippen LogP contribution in [0.25, 0.3) is 11.4 Å². The molecule has 4 aliphatic heterocycles. The van der Waals surface area contributed by atoms with Gasteiger partial charge in [0.05, 0.1) is 41.8 Å². The smallest absolute Gasteiger partial charge is 0.0968 e. The van der Waals surface area contributed by atoms with Crippen LogP contribution in [0.15, 0.2) is 73.0 Å². The van der Waals surface area contributed by atoms with Crippen molar-refractivity contribution in [1.82, 2.24) is 9.97 Å². The van der Waals surface area contributed by atoms with Gasteiger partial charge in [-0.15, -0.1) is 58.8 Å². The van der Waals surface area contributed by atoms with Crippen molar-refractivity contribution in [3.05, 3.63) is 68.0 Å². The first kappa shape index (κ1) is 23.1. The van der Waals surface area contributed by atoms with Crippen molar-refractivity contribution >= 4 is 106 Å². The summed E-state index contributed by atoms with van der Waals surface area (Å²) in [7, 11) is 0. The van der Waals surface area contributed by atoms with Gasteiger partial charge in [-0.25, -0.2) is 4.98 Å². The van der Waals surface area contributed by atoms with E-state index in [2.05, 4.69) is 28.9 Å². The second-order valence-electron chi connectivity index (χ2n) is 6.77. The van der Waals surface area contributed by atoms with Crippen molar-refractivity contribution in [3.63, 3.8) is 0 Å². The lowest BCUT2D eigenvalue weighted by molar-refractivity contribution is 1.10. The molecule has 1 unspecified atom stereocenters. The highest BCUT2D eigenvalue weighted by Gasteiger charge is 2.34. The number of pyridine rings is 2. The third kappa shape index (κ3) is 5.26. The molecule has 0 fully saturated rings. The van der Waals surface area contributed by atoms with Crippen LogP contribution >= 0.6 is 106 Å². The van der Waals surface area contributed by atoms with Crippen LogP contribution in [0.3, 0.4) is 0 Å². The molecule has 4 aliphatic rings. The van der Waals surface area contributed by atoms with E-state index in [0.717, 1.165) is 22.2 Å². The molecule has 2 aromatic rings. The monoisotopic (exact) mass is 584 g/mol. The molecule has 0 saturated carbocycles. The Bertz CT molecular complexity index is 1110. The van der Waals surface area contributed by atoms with Gasteiger partial charge in [0.2, 0.25) is 0 Å². The summed E-state index contributed by atoms with van der Waals surface area (Å²) in [6.45, 7) is 0. The molecule has 2 nitrogen and oxygen atoms in total. The number of rotatable bonds is 4. The molecule has 6 heterocycles. The van der Waals surface area contributed by atoms with E-state index in [1.165, 1.54) is 42.7 Å². The number of hydrogen-bond acceptors (Lipinski definition) is 11. The zero-order valence-electron chi connectivity index (χ0n) is 16.5. The van der Waals surface area contributed by atoms with Gasteiger partial charge < -0.3 is 0 Å². The Labute approximate surface area is 226 Å². The Hall–Kier alpha value is 0.670. The molecule has 0 N–H and O–H groups in total. The van der Waals surface area contributed by atoms with Crippen molar-refractivity contribution in [2.24, 2.45) is 0 Å². The highest BCUT2D eigenvalue weighted by molar-refractivity contribution is 8.45. The maximum Gasteiger partial charge on any atom is 0.0968 e. The van der Waals surface area contributed by atoms with Gasteiger partial charge >= 0.3 is 0 Å². The highest BCUT2D eigenvalue weighted by atomic mass is 32.3. The maximum absolute atomic E-state index is 4.84. The second kappa shape index (κ2) is 10.7. The van der Waals surface area contributed by atoms with Crippen LogP contribution in [-0.2, 0) is 0 Å². The van der Waals surface area contributed by atoms with Gasteiger partial charge in [0.1, 0.15) is 0 Å². The predicted octanol–water partition coefficient (Wildman–Crippen LogP) is 8.90. The lowest BCUT2D eigenvalue weighted by Crippen LogP contribution is -2.12. The lowest BCUT2D eigenvalue weighted by atomic mass is 10.2. The predicted molar refractivity (Wildman–Crippen MR) is 158 cm³/mol. The zero-order chi connectivity index (χ0) is 21.3. The van der Waals surface area contributed by atoms with Crippen LogP contribution in [0.4, 0.5) is 0 Å². The van der Waals surface area contributed by atoms with Gasteiger partial charge in [-0.1, -0.05) is 59.2 Å². The number of nitrogens with zero attached hydrogens (tertiary/aromatic N) is 2. The van der Waals surface area contributed by atoms with Crippen LogP contribution in [0.5, 0.6) is 0 Å². The Balaban J connectivity index is 1.07. The van der Waals surface area contributed by atoms with E-state index in [0.29, 0.717) is 5.25 Å². The maximum atomic E-state index is 4.84. The molecule has 32 heavy (non-hydrogen) atoms. The molecular formula is C21H16N2S9. The minimum atomic E-state index is 0.614. The molecule has 1 atom stereocenters. The van der Waals surface area contributed by atoms with Crippen LogP contribution in [0.2, 0.25) is 0 Å². The van der Waals surface area contributed by atoms with Gasteiger partial charge in [-0.2, -0.15) is 0 Å². The molecule has 2 aromatic heterocycles. The van der Waals surface area contributed by atoms with E-state index in [4.69, 9.17) is 4.98 Å². The number of thioether (sulfide) groups is 9. The van der Waals surface area contributed by atoms with E-state index in [1.807, 2.05) is 125 Å². The molecule has 0 aliphatic carbocycles. The topological polar surface area (TPSA) is 25.8 Å². The Morgan fingerprint density at radius 3 is 2.22 bits per heavy atom. The van der Waals surface area contributed by atoms with Crippen molar-refractivity contribution in [3.8, 4) is 11.4 Å². The Kier molecular flexibility index (Phi) is 7.75. The second-order valence-corrected chi connectivity index (χ2v) is 18.0. The summed E-state index contributed by atoms with van der Waals surface area (Å²) in [5, 5.41) is 1.70. The first-order valence-corrected chi connectivity index (χ1v) is 17.9. The van der Waals surface area contributed by atoms with Gasteiger partial charge in [0, 0.05) is 34.5 Å². The average Bonchev–Trinajstić information content (AvgIpc) is 3.47. The van der Waals surface area contributed by atoms with Crippen LogP contribution in [0, 0.1) is 0 Å². The fourth-order valence-electron chi connectivity index (χ4n) is 3.08. The molecule has 0 saturated heterocycles. The quantitative estimate of drug-likeness (QED) is 0.322. The third-order valence-corrected chi connectivity index (χ3v) is 18.2. The standard InChI is InChI=1S/C21H16N2S9/c1-2-7-22-13(4-1)14-5-3-6-15(23-14)26-10-12-11-27-18-19(28-12)32-21(31-18)20-29-16-17(30-20)25-9-8-24-16/h1-7,12H,8-11H2. The van der Waals surface area contributed by atoms with Crippen molar-refractivity contribution < 1.29 is 0 Å². The molecule has 0 aromatic carbocycles. The zero-order valence-corrected chi connectivity index (χ0v) is 23.9. The summed E-state index contributed by atoms with van der Waals surface area (Å²) in [4.78, 5) is 9.27. The molecule has 6 rings (SSSR count). The summed E-state index contributed by atoms with van der Waals surface area (Å²) < 4.78 is 9.11. The van der Waals surface area contributed by atoms with Crippen molar-refractivity contribution in [1.29, 1.82) is 0 Å². The Morgan fingerprint density at radius 2 is 1.47 bits per heavy atom. The minimum absolute atomic E-state index is 0.614. The van der Waals surface area contributed by atoms with E-state index in [-0.39, 0.29) is 0 Å². The van der Waals surface area contributed by atoms with Gasteiger partial charge in [-0.3, -0.25) is 4.98 Å². The van der Waals surface area contributed by atoms with Crippen molar-refractivity contribution in [2.45, 2.75) is 10.3 Å². The lowest BCUT2D eigenvalue weighted by Gasteiger charge is -2.20. The van der Waals surface area contributed by atoms with Gasteiger partial charge in [-0.05, 0) is 24.3 Å². The largest absolute Gasteiger partial charge is 0.255 e. The van der Waals surface area contributed by atoms with E-state index < -0.39 is 0 Å². The minimum Gasteiger partial charge on any atom is -0.255 e. The molecule has 0 amide bonds. The summed E-state index contributed by atoms with van der Waals surface area (Å²) in [5.74, 6) is 4.75. The molecule has 0 spiro atoms. The fraction of sp³-hybridized carbons (Fsp3) is 0.238. The van der Waals surface area contributed by atoms with E-state index >= 15 is 0 Å². The molecule has 11 heteroatoms. The van der Waals surface area contributed by atoms with Gasteiger partial charge in [0.15, 0.2) is 0 Å². The van der Waals surface area contributed by atoms with Crippen LogP contribution in [0.1, 0.15) is 0 Å². The molecular weight excluding hydrogens is 569 g/mol. The number of hydrogen-bond donors (Lipinski definition) is 0. The third-order valence-electron chi connectivity index (χ3n) is 4.53. The summed E-state index contributed by atoms with van der Waals surface area (Å²) >= 11 is 18.1.